The van der Waals surface area contributed by atoms with Crippen LogP contribution in [0.3, 0.4) is 0 Å². The molecule has 2 aromatic heterocycles. The maximum absolute atomic E-state index is 10.4. The number of hydrogen-bond donors (Lipinski definition) is 2. The Hall–Kier alpha value is -0.700. The highest BCUT2D eigenvalue weighted by atomic mass is 79.9. The van der Waals surface area contributed by atoms with Crippen molar-refractivity contribution in [3.63, 3.8) is 0 Å². The molecule has 0 aliphatic carbocycles. The van der Waals surface area contributed by atoms with Crippen LogP contribution >= 0.6 is 0 Å². The van der Waals surface area contributed by atoms with Crippen molar-refractivity contribution in [2.24, 2.45) is 0 Å². The van der Waals surface area contributed by atoms with E-state index in [0.717, 1.165) is 45.2 Å². The minimum absolute atomic E-state index is 0. The number of aryl methyl sites for hydroxylation is 2. The molecule has 2 N–H and O–H groups in total. The molecular weight excluding hydrogens is 644 g/mol. The number of imidazole rings is 2. The number of halogens is 2. The van der Waals surface area contributed by atoms with Crippen LogP contribution in [-0.2, 0) is 26.2 Å². The number of rotatable bonds is 26. The lowest BCUT2D eigenvalue weighted by Gasteiger charge is -2.08. The molecule has 2 heterocycles. The largest absolute Gasteiger partial charge is 1.00 e. The van der Waals surface area contributed by atoms with Crippen LogP contribution in [0.25, 0.3) is 0 Å². The van der Waals surface area contributed by atoms with Crippen molar-refractivity contribution >= 4 is 0 Å². The zero-order valence-corrected chi connectivity index (χ0v) is 29.5. The van der Waals surface area contributed by atoms with Gasteiger partial charge in [-0.3, -0.25) is 0 Å². The van der Waals surface area contributed by atoms with Crippen LogP contribution in [0.2, 0.25) is 0 Å². The van der Waals surface area contributed by atoms with E-state index in [9.17, 15) is 10.2 Å². The summed E-state index contributed by atoms with van der Waals surface area (Å²) in [5.41, 5.74) is 0. The number of aliphatic hydroxyl groups is 2. The van der Waals surface area contributed by atoms with Gasteiger partial charge in [0, 0.05) is 6.42 Å². The van der Waals surface area contributed by atoms with E-state index in [1.165, 1.54) is 89.9 Å². The SMILES string of the molecule is CCCCCCCCCCC(O)C[n+]1ccn(CCCn2cc[n+](CC(O)CCCCCCCCCC)c2)c1.[Br-].[Br-]. The second-order valence-corrected chi connectivity index (χ2v) is 11.9. The smallest absolute Gasteiger partial charge is 0.243 e. The molecule has 41 heavy (non-hydrogen) atoms. The molecule has 0 saturated carbocycles. The van der Waals surface area contributed by atoms with Gasteiger partial charge in [-0.05, 0) is 12.8 Å². The Morgan fingerprint density at radius 2 is 0.854 bits per heavy atom. The summed E-state index contributed by atoms with van der Waals surface area (Å²) in [5, 5.41) is 20.9. The summed E-state index contributed by atoms with van der Waals surface area (Å²) in [6, 6.07) is 0. The molecule has 0 aromatic carbocycles. The van der Waals surface area contributed by atoms with E-state index in [0.29, 0.717) is 13.1 Å². The van der Waals surface area contributed by atoms with Crippen LogP contribution < -0.4 is 43.1 Å². The maximum Gasteiger partial charge on any atom is 0.243 e. The zero-order chi connectivity index (χ0) is 28.0. The quantitative estimate of drug-likeness (QED) is 0.112. The Bertz CT molecular complexity index is 764. The van der Waals surface area contributed by atoms with E-state index in [1.54, 1.807) is 0 Å². The first-order valence-corrected chi connectivity index (χ1v) is 16.6. The summed E-state index contributed by atoms with van der Waals surface area (Å²) in [6.45, 7) is 7.81. The van der Waals surface area contributed by atoms with Crippen LogP contribution in [0.5, 0.6) is 0 Å². The summed E-state index contributed by atoms with van der Waals surface area (Å²) < 4.78 is 8.67. The predicted octanol–water partition coefficient (Wildman–Crippen LogP) is 0.746. The zero-order valence-electron chi connectivity index (χ0n) is 26.3. The molecule has 0 spiro atoms. The van der Waals surface area contributed by atoms with Crippen LogP contribution in [0.4, 0.5) is 0 Å². The van der Waals surface area contributed by atoms with E-state index < -0.39 is 0 Å². The van der Waals surface area contributed by atoms with Gasteiger partial charge in [0.15, 0.2) is 0 Å². The molecule has 6 nitrogen and oxygen atoms in total. The van der Waals surface area contributed by atoms with E-state index in [2.05, 4.69) is 69.6 Å². The Balaban J connectivity index is 0.00000800. The van der Waals surface area contributed by atoms with E-state index in [1.807, 2.05) is 0 Å². The monoisotopic (exact) mass is 704 g/mol. The topological polar surface area (TPSA) is 58.1 Å². The van der Waals surface area contributed by atoms with Crippen molar-refractivity contribution in [3.05, 3.63) is 37.4 Å². The summed E-state index contributed by atoms with van der Waals surface area (Å²) >= 11 is 0. The molecule has 2 unspecified atom stereocenters. The van der Waals surface area contributed by atoms with Gasteiger partial charge in [0.2, 0.25) is 12.7 Å². The Kier molecular flexibility index (Phi) is 26.4. The second kappa shape index (κ2) is 26.9. The molecule has 0 bridgehead atoms. The fourth-order valence-electron chi connectivity index (χ4n) is 5.49. The van der Waals surface area contributed by atoms with E-state index in [-0.39, 0.29) is 46.2 Å². The van der Waals surface area contributed by atoms with Crippen LogP contribution in [0.1, 0.15) is 136 Å². The number of hydrogen-bond acceptors (Lipinski definition) is 2. The molecule has 0 amide bonds. The summed E-state index contributed by atoms with van der Waals surface area (Å²) in [4.78, 5) is 0. The molecule has 0 radical (unpaired) electrons. The van der Waals surface area contributed by atoms with Gasteiger partial charge < -0.3 is 44.2 Å². The lowest BCUT2D eigenvalue weighted by Crippen LogP contribution is -3.00. The average molecular weight is 707 g/mol. The first kappa shape index (κ1) is 40.3. The van der Waals surface area contributed by atoms with Gasteiger partial charge in [-0.2, -0.15) is 0 Å². The van der Waals surface area contributed by atoms with Gasteiger partial charge in [0.25, 0.3) is 0 Å². The molecule has 0 aliphatic heterocycles. The van der Waals surface area contributed by atoms with Crippen molar-refractivity contribution in [1.82, 2.24) is 9.13 Å². The first-order chi connectivity index (χ1) is 19.1. The molecule has 0 fully saturated rings. The fourth-order valence-corrected chi connectivity index (χ4v) is 5.49. The lowest BCUT2D eigenvalue weighted by molar-refractivity contribution is -0.703. The molecule has 8 heteroatoms. The maximum atomic E-state index is 10.4. The Morgan fingerprint density at radius 3 is 1.22 bits per heavy atom. The minimum atomic E-state index is -0.257. The van der Waals surface area contributed by atoms with Gasteiger partial charge in [-0.1, -0.05) is 117 Å². The first-order valence-electron chi connectivity index (χ1n) is 16.6. The van der Waals surface area contributed by atoms with Crippen molar-refractivity contribution < 1.29 is 53.3 Å². The van der Waals surface area contributed by atoms with E-state index in [4.69, 9.17) is 0 Å². The number of aliphatic hydroxyl groups excluding tert-OH is 2. The van der Waals surface area contributed by atoms with Gasteiger partial charge in [-0.15, -0.1) is 0 Å². The molecule has 2 rings (SSSR count). The second-order valence-electron chi connectivity index (χ2n) is 11.9. The molecule has 2 atom stereocenters. The molecule has 0 aliphatic rings. The summed E-state index contributed by atoms with van der Waals surface area (Å²) in [5.74, 6) is 0. The third-order valence-electron chi connectivity index (χ3n) is 7.95. The average Bonchev–Trinajstić information content (AvgIpc) is 3.56. The standard InChI is InChI=1S/C33H62N4O2.2BrH/c1-3-5-7-9-11-13-15-17-20-32(38)28-36-26-24-34(30-36)22-19-23-35-25-27-37(31-35)29-33(39)21-18-16-14-12-10-8-6-4-2;;/h24-27,30-33,38-39H,3-23,28-29H2,1-2H3;2*1H/q+2;;/p-2. The number of nitrogens with zero attached hydrogens (tertiary/aromatic N) is 4. The summed E-state index contributed by atoms with van der Waals surface area (Å²) in [7, 11) is 0. The van der Waals surface area contributed by atoms with Crippen molar-refractivity contribution in [1.29, 1.82) is 0 Å². The van der Waals surface area contributed by atoms with E-state index >= 15 is 0 Å². The molecule has 240 valence electrons. The fraction of sp³-hybridized carbons (Fsp3) is 0.818. The third-order valence-corrected chi connectivity index (χ3v) is 7.95. The van der Waals surface area contributed by atoms with Crippen LogP contribution in [0.15, 0.2) is 37.4 Å². The molecule has 2 aromatic rings. The van der Waals surface area contributed by atoms with Crippen molar-refractivity contribution in [2.75, 3.05) is 0 Å². The number of aromatic nitrogens is 4. The Labute approximate surface area is 273 Å². The highest BCUT2D eigenvalue weighted by molar-refractivity contribution is 4.70. The van der Waals surface area contributed by atoms with Gasteiger partial charge >= 0.3 is 0 Å². The van der Waals surface area contributed by atoms with Gasteiger partial charge in [-0.25, -0.2) is 18.3 Å². The predicted molar refractivity (Wildman–Crippen MR) is 160 cm³/mol. The molecule has 0 saturated heterocycles. The lowest BCUT2D eigenvalue weighted by atomic mass is 10.1. The van der Waals surface area contributed by atoms with Crippen molar-refractivity contribution in [2.45, 2.75) is 174 Å². The molecular formula is C33H62Br2N4O2. The normalized spacial score (nSPS) is 12.6. The third kappa shape index (κ3) is 20.8. The number of unbranched alkanes of at least 4 members (excludes halogenated alkanes) is 14. The Morgan fingerprint density at radius 1 is 0.512 bits per heavy atom. The van der Waals surface area contributed by atoms with Crippen LogP contribution in [-0.4, -0.2) is 31.6 Å². The van der Waals surface area contributed by atoms with Crippen molar-refractivity contribution in [3.8, 4) is 0 Å². The van der Waals surface area contributed by atoms with Gasteiger partial charge in [0.1, 0.15) is 37.9 Å². The minimum Gasteiger partial charge on any atom is -1.00 e. The van der Waals surface area contributed by atoms with Gasteiger partial charge in [0.05, 0.1) is 25.3 Å². The van der Waals surface area contributed by atoms with Crippen LogP contribution in [0, 0.1) is 0 Å². The summed E-state index contributed by atoms with van der Waals surface area (Å²) in [6.07, 6.45) is 35.8. The highest BCUT2D eigenvalue weighted by Gasteiger charge is 2.13. The highest BCUT2D eigenvalue weighted by Crippen LogP contribution is 2.12.